The van der Waals surface area contributed by atoms with Gasteiger partial charge >= 0.3 is 0 Å². The highest BCUT2D eigenvalue weighted by molar-refractivity contribution is 7.99. The van der Waals surface area contributed by atoms with Crippen LogP contribution >= 0.6 is 11.8 Å². The molecule has 2 aromatic carbocycles. The van der Waals surface area contributed by atoms with Crippen LogP contribution in [0.3, 0.4) is 0 Å². The molecule has 6 nitrogen and oxygen atoms in total. The number of nitrogens with zero attached hydrogens (tertiary/aromatic N) is 2. The second-order valence-corrected chi connectivity index (χ2v) is 6.37. The first-order chi connectivity index (χ1) is 12.7. The van der Waals surface area contributed by atoms with Gasteiger partial charge in [0.05, 0.1) is 24.8 Å². The number of hydrogen-bond acceptors (Lipinski definition) is 7. The number of benzene rings is 2. The van der Waals surface area contributed by atoms with E-state index in [2.05, 4.69) is 10.2 Å². The summed E-state index contributed by atoms with van der Waals surface area (Å²) in [5.41, 5.74) is 1.33. The summed E-state index contributed by atoms with van der Waals surface area (Å²) < 4.78 is 16.7. The summed E-state index contributed by atoms with van der Waals surface area (Å²) in [6, 6.07) is 14.7. The average Bonchev–Trinajstić information content (AvgIpc) is 3.14. The van der Waals surface area contributed by atoms with Crippen LogP contribution in [0.15, 0.2) is 58.2 Å². The van der Waals surface area contributed by atoms with Crippen LogP contribution in [0.2, 0.25) is 0 Å². The second kappa shape index (κ2) is 8.53. The quantitative estimate of drug-likeness (QED) is 0.335. The van der Waals surface area contributed by atoms with E-state index in [1.54, 1.807) is 19.2 Å². The average molecular weight is 370 g/mol. The van der Waals surface area contributed by atoms with Gasteiger partial charge in [0.25, 0.3) is 11.1 Å². The van der Waals surface area contributed by atoms with Crippen molar-refractivity contribution in [3.63, 3.8) is 0 Å². The monoisotopic (exact) mass is 370 g/mol. The van der Waals surface area contributed by atoms with E-state index in [-0.39, 0.29) is 5.78 Å². The van der Waals surface area contributed by atoms with E-state index < -0.39 is 0 Å². The largest absolute Gasteiger partial charge is 0.496 e. The van der Waals surface area contributed by atoms with Gasteiger partial charge in [-0.2, -0.15) is 0 Å². The Balaban J connectivity index is 1.57. The number of aromatic nitrogens is 2. The number of carbonyl (C=O) groups is 1. The molecular formula is C19H18N2O4S. The number of hydrogen-bond donors (Lipinski definition) is 0. The fraction of sp³-hybridized carbons (Fsp3) is 0.211. The molecule has 7 heteroatoms. The van der Waals surface area contributed by atoms with Crippen LogP contribution in [-0.4, -0.2) is 35.5 Å². The first kappa shape index (κ1) is 18.0. The Bertz CT molecular complexity index is 895. The van der Waals surface area contributed by atoms with Gasteiger partial charge < -0.3 is 13.9 Å². The Morgan fingerprint density at radius 3 is 2.58 bits per heavy atom. The van der Waals surface area contributed by atoms with Crippen molar-refractivity contribution in [1.29, 1.82) is 0 Å². The molecule has 0 N–H and O–H groups in total. The molecule has 0 fully saturated rings. The summed E-state index contributed by atoms with van der Waals surface area (Å²) in [5, 5.41) is 8.56. The minimum atomic E-state index is -0.0217. The highest BCUT2D eigenvalue weighted by Crippen LogP contribution is 2.30. The highest BCUT2D eigenvalue weighted by Gasteiger charge is 2.13. The maximum Gasteiger partial charge on any atom is 0.276 e. The van der Waals surface area contributed by atoms with Crippen molar-refractivity contribution in [2.24, 2.45) is 0 Å². The van der Waals surface area contributed by atoms with Gasteiger partial charge in [-0.3, -0.25) is 4.79 Å². The third-order valence-electron chi connectivity index (χ3n) is 3.58. The standard InChI is InChI=1S/C19H18N2O4S/c1-13(22)14-7-3-6-10-17(14)24-11-12-26-19-21-20-18(25-19)15-8-4-5-9-16(15)23-2/h3-10H,11-12H2,1-2H3. The zero-order valence-electron chi connectivity index (χ0n) is 14.5. The van der Waals surface area contributed by atoms with E-state index in [1.165, 1.54) is 18.7 Å². The Morgan fingerprint density at radius 2 is 1.81 bits per heavy atom. The molecule has 1 heterocycles. The topological polar surface area (TPSA) is 74.5 Å². The molecule has 0 radical (unpaired) electrons. The van der Waals surface area contributed by atoms with Crippen LogP contribution in [0, 0.1) is 0 Å². The van der Waals surface area contributed by atoms with Crippen LogP contribution in [-0.2, 0) is 0 Å². The Labute approximate surface area is 155 Å². The van der Waals surface area contributed by atoms with E-state index in [0.29, 0.717) is 40.5 Å². The summed E-state index contributed by atoms with van der Waals surface area (Å²) in [7, 11) is 1.60. The normalized spacial score (nSPS) is 10.5. The fourth-order valence-electron chi connectivity index (χ4n) is 2.36. The van der Waals surface area contributed by atoms with Crippen molar-refractivity contribution in [1.82, 2.24) is 10.2 Å². The lowest BCUT2D eigenvalue weighted by Crippen LogP contribution is -2.04. The minimum absolute atomic E-state index is 0.0217. The second-order valence-electron chi connectivity index (χ2n) is 5.32. The van der Waals surface area contributed by atoms with Gasteiger partial charge in [0, 0.05) is 5.75 Å². The third kappa shape index (κ3) is 4.23. The van der Waals surface area contributed by atoms with Crippen molar-refractivity contribution in [2.75, 3.05) is 19.5 Å². The number of carbonyl (C=O) groups excluding carboxylic acids is 1. The summed E-state index contributed by atoms with van der Waals surface area (Å²) >= 11 is 1.39. The summed E-state index contributed by atoms with van der Waals surface area (Å²) in [6.45, 7) is 1.94. The van der Waals surface area contributed by atoms with Crippen molar-refractivity contribution < 1.29 is 18.7 Å². The molecule has 0 saturated heterocycles. The molecule has 0 bridgehead atoms. The molecule has 0 aliphatic rings. The van der Waals surface area contributed by atoms with Crippen LogP contribution in [0.4, 0.5) is 0 Å². The minimum Gasteiger partial charge on any atom is -0.496 e. The maximum absolute atomic E-state index is 11.6. The number of rotatable bonds is 8. The van der Waals surface area contributed by atoms with Crippen LogP contribution in [0.25, 0.3) is 11.5 Å². The lowest BCUT2D eigenvalue weighted by molar-refractivity contribution is 0.101. The number of para-hydroxylation sites is 2. The molecule has 0 spiro atoms. The smallest absolute Gasteiger partial charge is 0.276 e. The summed E-state index contributed by atoms with van der Waals surface area (Å²) in [5.74, 6) is 2.26. The van der Waals surface area contributed by atoms with Crippen molar-refractivity contribution in [3.05, 3.63) is 54.1 Å². The van der Waals surface area contributed by atoms with Crippen LogP contribution in [0.1, 0.15) is 17.3 Å². The zero-order chi connectivity index (χ0) is 18.4. The first-order valence-electron chi connectivity index (χ1n) is 8.01. The Morgan fingerprint density at radius 1 is 1.08 bits per heavy atom. The molecule has 0 saturated carbocycles. The van der Waals surface area contributed by atoms with Crippen molar-refractivity contribution in [3.8, 4) is 23.0 Å². The van der Waals surface area contributed by atoms with Gasteiger partial charge in [0.15, 0.2) is 5.78 Å². The van der Waals surface area contributed by atoms with E-state index in [4.69, 9.17) is 13.9 Å². The molecule has 3 rings (SSSR count). The molecule has 3 aromatic rings. The Kier molecular flexibility index (Phi) is 5.91. The lowest BCUT2D eigenvalue weighted by Gasteiger charge is -2.08. The molecule has 134 valence electrons. The summed E-state index contributed by atoms with van der Waals surface area (Å²) in [6.07, 6.45) is 0. The van der Waals surface area contributed by atoms with Gasteiger partial charge in [-0.1, -0.05) is 36.0 Å². The van der Waals surface area contributed by atoms with E-state index in [0.717, 1.165) is 5.56 Å². The molecule has 0 atom stereocenters. The van der Waals surface area contributed by atoms with E-state index in [1.807, 2.05) is 36.4 Å². The molecular weight excluding hydrogens is 352 g/mol. The number of methoxy groups -OCH3 is 1. The van der Waals surface area contributed by atoms with Crippen molar-refractivity contribution >= 4 is 17.5 Å². The van der Waals surface area contributed by atoms with Crippen LogP contribution in [0.5, 0.6) is 11.5 Å². The predicted octanol–water partition coefficient (Wildman–Crippen LogP) is 4.12. The highest BCUT2D eigenvalue weighted by atomic mass is 32.2. The maximum atomic E-state index is 11.6. The van der Waals surface area contributed by atoms with Crippen molar-refractivity contribution in [2.45, 2.75) is 12.1 Å². The zero-order valence-corrected chi connectivity index (χ0v) is 15.3. The molecule has 0 aliphatic carbocycles. The van der Waals surface area contributed by atoms with Gasteiger partial charge in [-0.15, -0.1) is 10.2 Å². The van der Waals surface area contributed by atoms with Gasteiger partial charge in [0.2, 0.25) is 0 Å². The number of Topliss-reactive ketones (excluding diaryl/α,β-unsaturated/α-hetero) is 1. The molecule has 0 aliphatic heterocycles. The van der Waals surface area contributed by atoms with Gasteiger partial charge in [0.1, 0.15) is 11.5 Å². The molecule has 1 aromatic heterocycles. The number of thioether (sulfide) groups is 1. The van der Waals surface area contributed by atoms with Gasteiger partial charge in [-0.05, 0) is 31.2 Å². The third-order valence-corrected chi connectivity index (χ3v) is 4.36. The van der Waals surface area contributed by atoms with Gasteiger partial charge in [-0.25, -0.2) is 0 Å². The fourth-order valence-corrected chi connectivity index (χ4v) is 2.94. The number of ether oxygens (including phenoxy) is 2. The molecule has 26 heavy (non-hydrogen) atoms. The van der Waals surface area contributed by atoms with Crippen LogP contribution < -0.4 is 9.47 Å². The molecule has 0 unspecified atom stereocenters. The Hall–Kier alpha value is -2.80. The lowest BCUT2D eigenvalue weighted by atomic mass is 10.1. The predicted molar refractivity (Wildman–Crippen MR) is 99.0 cm³/mol. The summed E-state index contributed by atoms with van der Waals surface area (Å²) in [4.78, 5) is 11.6. The van der Waals surface area contributed by atoms with E-state index in [9.17, 15) is 4.79 Å². The first-order valence-corrected chi connectivity index (χ1v) is 9.00. The van der Waals surface area contributed by atoms with E-state index >= 15 is 0 Å². The SMILES string of the molecule is COc1ccccc1-c1nnc(SCCOc2ccccc2C(C)=O)o1. The number of ketones is 1. The molecule has 0 amide bonds.